The van der Waals surface area contributed by atoms with Gasteiger partial charge >= 0.3 is 0 Å². The second-order valence-corrected chi connectivity index (χ2v) is 3.83. The van der Waals surface area contributed by atoms with Crippen molar-refractivity contribution in [2.45, 2.75) is 6.92 Å². The van der Waals surface area contributed by atoms with Crippen LogP contribution in [0.2, 0.25) is 0 Å². The van der Waals surface area contributed by atoms with Crippen LogP contribution in [0.4, 0.5) is 0 Å². The van der Waals surface area contributed by atoms with Crippen molar-refractivity contribution < 1.29 is 14.3 Å². The maximum atomic E-state index is 11.8. The highest BCUT2D eigenvalue weighted by Crippen LogP contribution is 2.31. The number of aromatic amines is 1. The van der Waals surface area contributed by atoms with Crippen molar-refractivity contribution in [3.05, 3.63) is 34.1 Å². The van der Waals surface area contributed by atoms with Gasteiger partial charge in [-0.25, -0.2) is 0 Å². The zero-order valence-electron chi connectivity index (χ0n) is 10.4. The monoisotopic (exact) mass is 247 g/mol. The normalized spacial score (nSPS) is 10.4. The molecule has 18 heavy (non-hydrogen) atoms. The molecule has 0 atom stereocenters. The second kappa shape index (κ2) is 4.52. The Balaban J connectivity index is 2.90. The third kappa shape index (κ3) is 1.84. The summed E-state index contributed by atoms with van der Waals surface area (Å²) in [6.45, 7) is 1.35. The molecular weight excluding hydrogens is 234 g/mol. The number of nitrogens with one attached hydrogen (secondary N) is 1. The summed E-state index contributed by atoms with van der Waals surface area (Å²) in [5.41, 5.74) is 0.197. The van der Waals surface area contributed by atoms with Crippen molar-refractivity contribution in [2.75, 3.05) is 14.2 Å². The molecule has 5 nitrogen and oxygen atoms in total. The summed E-state index contributed by atoms with van der Waals surface area (Å²) in [5.74, 6) is 0.811. The van der Waals surface area contributed by atoms with Crippen LogP contribution in [0.3, 0.4) is 0 Å². The number of rotatable bonds is 3. The van der Waals surface area contributed by atoms with Crippen LogP contribution in [0.25, 0.3) is 10.9 Å². The Morgan fingerprint density at radius 1 is 1.17 bits per heavy atom. The molecular formula is C13H13NO4. The average molecular weight is 247 g/mol. The molecule has 5 heteroatoms. The number of ether oxygens (including phenoxy) is 2. The van der Waals surface area contributed by atoms with E-state index >= 15 is 0 Å². The maximum Gasteiger partial charge on any atom is 0.259 e. The molecule has 1 aromatic carbocycles. The van der Waals surface area contributed by atoms with Gasteiger partial charge in [0.05, 0.1) is 25.3 Å². The smallest absolute Gasteiger partial charge is 0.259 e. The lowest BCUT2D eigenvalue weighted by atomic mass is 10.1. The molecule has 0 saturated carbocycles. The van der Waals surface area contributed by atoms with Crippen LogP contribution in [-0.2, 0) is 0 Å². The predicted octanol–water partition coefficient (Wildman–Crippen LogP) is 1.75. The zero-order valence-corrected chi connectivity index (χ0v) is 10.4. The summed E-state index contributed by atoms with van der Waals surface area (Å²) >= 11 is 0. The molecule has 0 saturated heterocycles. The van der Waals surface area contributed by atoms with E-state index in [-0.39, 0.29) is 11.3 Å². The first-order valence-electron chi connectivity index (χ1n) is 5.37. The van der Waals surface area contributed by atoms with Gasteiger partial charge in [0, 0.05) is 5.39 Å². The summed E-state index contributed by atoms with van der Waals surface area (Å²) in [7, 11) is 3.04. The van der Waals surface area contributed by atoms with Crippen LogP contribution >= 0.6 is 0 Å². The van der Waals surface area contributed by atoms with E-state index in [1.165, 1.54) is 27.2 Å². The number of H-pyrrole nitrogens is 1. The molecule has 0 aliphatic carbocycles. The molecule has 0 aliphatic heterocycles. The highest BCUT2D eigenvalue weighted by molar-refractivity contribution is 5.99. The van der Waals surface area contributed by atoms with Gasteiger partial charge in [0.2, 0.25) is 0 Å². The Hall–Kier alpha value is -2.30. The minimum atomic E-state index is -0.429. The minimum Gasteiger partial charge on any atom is -0.496 e. The molecule has 0 amide bonds. The molecule has 0 radical (unpaired) electrons. The second-order valence-electron chi connectivity index (χ2n) is 3.83. The van der Waals surface area contributed by atoms with Gasteiger partial charge in [-0.1, -0.05) is 0 Å². The number of benzene rings is 1. The topological polar surface area (TPSA) is 68.4 Å². The van der Waals surface area contributed by atoms with Crippen LogP contribution in [0.1, 0.15) is 17.3 Å². The zero-order chi connectivity index (χ0) is 13.3. The highest BCUT2D eigenvalue weighted by atomic mass is 16.5. The van der Waals surface area contributed by atoms with E-state index < -0.39 is 5.56 Å². The predicted molar refractivity (Wildman–Crippen MR) is 67.7 cm³/mol. The van der Waals surface area contributed by atoms with E-state index in [1.807, 2.05) is 0 Å². The van der Waals surface area contributed by atoms with Crippen LogP contribution in [0.15, 0.2) is 23.0 Å². The van der Waals surface area contributed by atoms with Gasteiger partial charge in [0.25, 0.3) is 5.56 Å². The number of fused-ring (bicyclic) bond motifs is 1. The molecule has 0 unspecified atom stereocenters. The fourth-order valence-electron chi connectivity index (χ4n) is 1.85. The van der Waals surface area contributed by atoms with Gasteiger partial charge in [-0.15, -0.1) is 0 Å². The minimum absolute atomic E-state index is 0.106. The van der Waals surface area contributed by atoms with Crippen molar-refractivity contribution in [3.63, 3.8) is 0 Å². The van der Waals surface area contributed by atoms with Crippen molar-refractivity contribution >= 4 is 16.7 Å². The number of ketones is 1. The molecule has 2 aromatic rings. The number of hydrogen-bond donors (Lipinski definition) is 1. The van der Waals surface area contributed by atoms with E-state index in [0.29, 0.717) is 22.4 Å². The van der Waals surface area contributed by atoms with E-state index in [9.17, 15) is 9.59 Å². The van der Waals surface area contributed by atoms with Crippen LogP contribution in [0.5, 0.6) is 11.5 Å². The lowest BCUT2D eigenvalue weighted by molar-refractivity contribution is 0.101. The van der Waals surface area contributed by atoms with Crippen LogP contribution in [-0.4, -0.2) is 25.0 Å². The standard InChI is InChI=1S/C13H13NO4/c1-7(15)8-6-9-10(17-2)4-5-11(18-3)12(9)14-13(8)16/h4-6H,1-3H3,(H,14,16). The highest BCUT2D eigenvalue weighted by Gasteiger charge is 2.13. The lowest BCUT2D eigenvalue weighted by Crippen LogP contribution is -2.16. The SMILES string of the molecule is COc1ccc(OC)c2[nH]c(=O)c(C(C)=O)cc12. The van der Waals surface area contributed by atoms with E-state index in [2.05, 4.69) is 4.98 Å². The van der Waals surface area contributed by atoms with Gasteiger partial charge in [-0.2, -0.15) is 0 Å². The number of Topliss-reactive ketones (excluding diaryl/α,β-unsaturated/α-hetero) is 1. The molecule has 0 bridgehead atoms. The van der Waals surface area contributed by atoms with Gasteiger partial charge in [-0.05, 0) is 25.1 Å². The number of aromatic nitrogens is 1. The fourth-order valence-corrected chi connectivity index (χ4v) is 1.85. The molecule has 94 valence electrons. The first-order chi connectivity index (χ1) is 8.58. The largest absolute Gasteiger partial charge is 0.496 e. The molecule has 0 spiro atoms. The summed E-state index contributed by atoms with van der Waals surface area (Å²) in [6, 6.07) is 4.95. The van der Waals surface area contributed by atoms with E-state index in [4.69, 9.17) is 9.47 Å². The van der Waals surface area contributed by atoms with Gasteiger partial charge in [0.15, 0.2) is 5.78 Å². The Morgan fingerprint density at radius 2 is 1.78 bits per heavy atom. The molecule has 1 aromatic heterocycles. The number of hydrogen-bond acceptors (Lipinski definition) is 4. The average Bonchev–Trinajstić information content (AvgIpc) is 2.36. The first-order valence-corrected chi connectivity index (χ1v) is 5.37. The molecule has 0 aliphatic rings. The van der Waals surface area contributed by atoms with Gasteiger partial charge < -0.3 is 14.5 Å². The Labute approximate surface area is 103 Å². The molecule has 1 heterocycles. The third-order valence-electron chi connectivity index (χ3n) is 2.76. The first kappa shape index (κ1) is 12.2. The number of methoxy groups -OCH3 is 2. The van der Waals surface area contributed by atoms with E-state index in [0.717, 1.165) is 0 Å². The summed E-state index contributed by atoms with van der Waals surface area (Å²) < 4.78 is 10.4. The molecule has 1 N–H and O–H groups in total. The van der Waals surface area contributed by atoms with Crippen molar-refractivity contribution in [2.24, 2.45) is 0 Å². The fraction of sp³-hybridized carbons (Fsp3) is 0.231. The number of pyridine rings is 1. The van der Waals surface area contributed by atoms with Crippen molar-refractivity contribution in [1.82, 2.24) is 4.98 Å². The summed E-state index contributed by atoms with van der Waals surface area (Å²) in [4.78, 5) is 25.8. The number of carbonyl (C=O) groups is 1. The van der Waals surface area contributed by atoms with Crippen LogP contribution in [0, 0.1) is 0 Å². The van der Waals surface area contributed by atoms with Crippen LogP contribution < -0.4 is 15.0 Å². The number of carbonyl (C=O) groups excluding carboxylic acids is 1. The lowest BCUT2D eigenvalue weighted by Gasteiger charge is -2.10. The van der Waals surface area contributed by atoms with Gasteiger partial charge in [0.1, 0.15) is 11.5 Å². The maximum absolute atomic E-state index is 11.8. The molecule has 2 rings (SSSR count). The summed E-state index contributed by atoms with van der Waals surface area (Å²) in [6.07, 6.45) is 0. The van der Waals surface area contributed by atoms with E-state index in [1.54, 1.807) is 12.1 Å². The quantitative estimate of drug-likeness (QED) is 0.839. The Bertz CT molecular complexity index is 672. The Morgan fingerprint density at radius 3 is 2.33 bits per heavy atom. The molecule has 0 fully saturated rings. The Kier molecular flexibility index (Phi) is 3.06. The summed E-state index contributed by atoms with van der Waals surface area (Å²) in [5, 5.41) is 0.640. The van der Waals surface area contributed by atoms with Crippen molar-refractivity contribution in [1.29, 1.82) is 0 Å². The van der Waals surface area contributed by atoms with Crippen molar-refractivity contribution in [3.8, 4) is 11.5 Å². The third-order valence-corrected chi connectivity index (χ3v) is 2.76. The van der Waals surface area contributed by atoms with Gasteiger partial charge in [-0.3, -0.25) is 9.59 Å².